The van der Waals surface area contributed by atoms with Gasteiger partial charge in [-0.05, 0) is 43.7 Å². The molecule has 0 aliphatic heterocycles. The van der Waals surface area contributed by atoms with Crippen LogP contribution in [0, 0.1) is 0 Å². The van der Waals surface area contributed by atoms with E-state index in [4.69, 9.17) is 0 Å². The third-order valence-electron chi connectivity index (χ3n) is 3.31. The van der Waals surface area contributed by atoms with Crippen LogP contribution in [0.5, 0.6) is 0 Å². The molecule has 1 aromatic rings. The molecule has 0 aliphatic rings. The highest BCUT2D eigenvalue weighted by atomic mass is 16.2. The van der Waals surface area contributed by atoms with Crippen LogP contribution in [-0.4, -0.2) is 18.0 Å². The second kappa shape index (κ2) is 6.97. The van der Waals surface area contributed by atoms with E-state index in [1.165, 1.54) is 11.1 Å². The molecule has 2 N–H and O–H groups in total. The van der Waals surface area contributed by atoms with Crippen LogP contribution in [0.1, 0.15) is 71.4 Å². The van der Waals surface area contributed by atoms with Crippen molar-refractivity contribution in [3.05, 3.63) is 29.3 Å². The Morgan fingerprint density at radius 1 is 1.05 bits per heavy atom. The van der Waals surface area contributed by atoms with Crippen molar-refractivity contribution in [1.29, 1.82) is 0 Å². The molecule has 3 heteroatoms. The van der Waals surface area contributed by atoms with E-state index in [9.17, 15) is 4.79 Å². The minimum absolute atomic E-state index is 0.0239. The fraction of sp³-hybridized carbons (Fsp3) is 0.611. The summed E-state index contributed by atoms with van der Waals surface area (Å²) < 4.78 is 0. The lowest BCUT2D eigenvalue weighted by Gasteiger charge is -2.23. The molecular formula is C18H30N2O. The van der Waals surface area contributed by atoms with Crippen LogP contribution in [0.15, 0.2) is 18.2 Å². The first kappa shape index (κ1) is 17.5. The Labute approximate surface area is 129 Å². The molecule has 0 radical (unpaired) electrons. The molecule has 118 valence electrons. The minimum atomic E-state index is -0.197. The smallest absolute Gasteiger partial charge is 0.239 e. The number of benzene rings is 1. The predicted molar refractivity (Wildman–Crippen MR) is 91.0 cm³/mol. The Kier molecular flexibility index (Phi) is 5.82. The highest BCUT2D eigenvalue weighted by Crippen LogP contribution is 2.32. The molecule has 0 unspecified atom stereocenters. The Morgan fingerprint density at radius 2 is 1.52 bits per heavy atom. The molecule has 1 rings (SSSR count). The number of rotatable bonds is 5. The molecule has 0 saturated carbocycles. The average molecular weight is 290 g/mol. The SMILES string of the molecule is CC(C)c1cccc(C(C)C)c1NCC(=O)NC(C)(C)C. The van der Waals surface area contributed by atoms with E-state index >= 15 is 0 Å². The fourth-order valence-electron chi connectivity index (χ4n) is 2.39. The van der Waals surface area contributed by atoms with E-state index in [2.05, 4.69) is 56.5 Å². The normalized spacial score (nSPS) is 11.9. The maximum Gasteiger partial charge on any atom is 0.239 e. The summed E-state index contributed by atoms with van der Waals surface area (Å²) in [5, 5.41) is 6.34. The Morgan fingerprint density at radius 3 is 1.90 bits per heavy atom. The molecule has 0 heterocycles. The molecule has 21 heavy (non-hydrogen) atoms. The van der Waals surface area contributed by atoms with Crippen LogP contribution in [0.4, 0.5) is 5.69 Å². The van der Waals surface area contributed by atoms with Crippen LogP contribution < -0.4 is 10.6 Å². The van der Waals surface area contributed by atoms with Crippen LogP contribution in [0.3, 0.4) is 0 Å². The van der Waals surface area contributed by atoms with Crippen LogP contribution >= 0.6 is 0 Å². The largest absolute Gasteiger partial charge is 0.376 e. The van der Waals surface area contributed by atoms with Gasteiger partial charge in [0.25, 0.3) is 0 Å². The van der Waals surface area contributed by atoms with Crippen molar-refractivity contribution >= 4 is 11.6 Å². The topological polar surface area (TPSA) is 41.1 Å². The van der Waals surface area contributed by atoms with Gasteiger partial charge >= 0.3 is 0 Å². The number of anilines is 1. The van der Waals surface area contributed by atoms with Gasteiger partial charge in [-0.3, -0.25) is 4.79 Å². The summed E-state index contributed by atoms with van der Waals surface area (Å²) in [6.45, 7) is 15.0. The van der Waals surface area contributed by atoms with Crippen molar-refractivity contribution in [1.82, 2.24) is 5.32 Å². The van der Waals surface area contributed by atoms with Gasteiger partial charge in [0, 0.05) is 11.2 Å². The van der Waals surface area contributed by atoms with Gasteiger partial charge in [0.1, 0.15) is 0 Å². The first-order chi connectivity index (χ1) is 9.61. The molecule has 0 fully saturated rings. The number of carbonyl (C=O) groups excluding carboxylic acids is 1. The van der Waals surface area contributed by atoms with Gasteiger partial charge in [0.05, 0.1) is 6.54 Å². The van der Waals surface area contributed by atoms with Crippen molar-refractivity contribution in [3.8, 4) is 0 Å². The lowest BCUT2D eigenvalue weighted by Crippen LogP contribution is -2.43. The molecule has 0 aromatic heterocycles. The van der Waals surface area contributed by atoms with Gasteiger partial charge in [-0.2, -0.15) is 0 Å². The van der Waals surface area contributed by atoms with E-state index in [0.717, 1.165) is 5.69 Å². The summed E-state index contributed by atoms with van der Waals surface area (Å²) in [6, 6.07) is 6.38. The molecule has 0 aliphatic carbocycles. The predicted octanol–water partition coefficient (Wildman–Crippen LogP) is 4.26. The summed E-state index contributed by atoms with van der Waals surface area (Å²) in [7, 11) is 0. The Balaban J connectivity index is 2.93. The van der Waals surface area contributed by atoms with Crippen LogP contribution in [0.2, 0.25) is 0 Å². The van der Waals surface area contributed by atoms with Gasteiger partial charge in [0.15, 0.2) is 0 Å². The fourth-order valence-corrected chi connectivity index (χ4v) is 2.39. The van der Waals surface area contributed by atoms with E-state index in [-0.39, 0.29) is 11.4 Å². The van der Waals surface area contributed by atoms with Gasteiger partial charge in [0.2, 0.25) is 5.91 Å². The third-order valence-corrected chi connectivity index (χ3v) is 3.31. The van der Waals surface area contributed by atoms with E-state index in [1.54, 1.807) is 0 Å². The number of para-hydroxylation sites is 1. The number of hydrogen-bond donors (Lipinski definition) is 2. The molecule has 3 nitrogen and oxygen atoms in total. The summed E-state index contributed by atoms with van der Waals surface area (Å²) in [6.07, 6.45) is 0. The van der Waals surface area contributed by atoms with Crippen molar-refractivity contribution in [2.45, 2.75) is 65.8 Å². The van der Waals surface area contributed by atoms with Gasteiger partial charge in [-0.25, -0.2) is 0 Å². The lowest BCUT2D eigenvalue weighted by atomic mass is 9.92. The van der Waals surface area contributed by atoms with Crippen molar-refractivity contribution in [2.75, 3.05) is 11.9 Å². The van der Waals surface area contributed by atoms with Gasteiger partial charge in [-0.15, -0.1) is 0 Å². The maximum absolute atomic E-state index is 12.0. The quantitative estimate of drug-likeness (QED) is 0.850. The van der Waals surface area contributed by atoms with Gasteiger partial charge < -0.3 is 10.6 Å². The third kappa shape index (κ3) is 5.41. The number of amides is 1. The van der Waals surface area contributed by atoms with Crippen LogP contribution in [0.25, 0.3) is 0 Å². The molecule has 0 atom stereocenters. The zero-order valence-corrected chi connectivity index (χ0v) is 14.5. The molecule has 1 amide bonds. The lowest BCUT2D eigenvalue weighted by molar-refractivity contribution is -0.120. The monoisotopic (exact) mass is 290 g/mol. The molecule has 1 aromatic carbocycles. The summed E-state index contributed by atoms with van der Waals surface area (Å²) in [5.74, 6) is 0.879. The highest BCUT2D eigenvalue weighted by Gasteiger charge is 2.16. The summed E-state index contributed by atoms with van der Waals surface area (Å²) in [4.78, 5) is 12.0. The Hall–Kier alpha value is -1.51. The highest BCUT2D eigenvalue weighted by molar-refractivity contribution is 5.82. The first-order valence-electron chi connectivity index (χ1n) is 7.79. The second-order valence-corrected chi connectivity index (χ2v) is 7.27. The van der Waals surface area contributed by atoms with Crippen molar-refractivity contribution in [2.24, 2.45) is 0 Å². The number of hydrogen-bond acceptors (Lipinski definition) is 2. The van der Waals surface area contributed by atoms with Gasteiger partial charge in [-0.1, -0.05) is 45.9 Å². The minimum Gasteiger partial charge on any atom is -0.376 e. The zero-order chi connectivity index (χ0) is 16.2. The zero-order valence-electron chi connectivity index (χ0n) is 14.5. The molecule has 0 bridgehead atoms. The van der Waals surface area contributed by atoms with E-state index in [1.807, 2.05) is 20.8 Å². The maximum atomic E-state index is 12.0. The van der Waals surface area contributed by atoms with Crippen molar-refractivity contribution < 1.29 is 4.79 Å². The average Bonchev–Trinajstić information content (AvgIpc) is 2.33. The standard InChI is InChI=1S/C18H30N2O/c1-12(2)14-9-8-10-15(13(3)4)17(14)19-11-16(21)20-18(5,6)7/h8-10,12-13,19H,11H2,1-7H3,(H,20,21). The first-order valence-corrected chi connectivity index (χ1v) is 7.79. The van der Waals surface area contributed by atoms with E-state index < -0.39 is 0 Å². The van der Waals surface area contributed by atoms with Crippen molar-refractivity contribution in [3.63, 3.8) is 0 Å². The summed E-state index contributed by atoms with van der Waals surface area (Å²) >= 11 is 0. The number of carbonyl (C=O) groups is 1. The second-order valence-electron chi connectivity index (χ2n) is 7.27. The Bertz CT molecular complexity index is 458. The molecule has 0 spiro atoms. The van der Waals surface area contributed by atoms with E-state index in [0.29, 0.717) is 18.4 Å². The van der Waals surface area contributed by atoms with Crippen LogP contribution in [-0.2, 0) is 4.79 Å². The number of nitrogens with one attached hydrogen (secondary N) is 2. The molecular weight excluding hydrogens is 260 g/mol. The molecule has 0 saturated heterocycles. The summed E-state index contributed by atoms with van der Waals surface area (Å²) in [5.41, 5.74) is 3.46.